The van der Waals surface area contributed by atoms with Crippen LogP contribution >= 0.6 is 23.1 Å². The van der Waals surface area contributed by atoms with Gasteiger partial charge in [0.15, 0.2) is 0 Å². The van der Waals surface area contributed by atoms with E-state index in [0.29, 0.717) is 15.6 Å². The summed E-state index contributed by atoms with van der Waals surface area (Å²) in [5, 5.41) is 9.88. The summed E-state index contributed by atoms with van der Waals surface area (Å²) in [6.45, 7) is -0.316. The molecule has 35 heavy (non-hydrogen) atoms. The van der Waals surface area contributed by atoms with Crippen molar-refractivity contribution in [3.63, 3.8) is 0 Å². The molecule has 1 saturated heterocycles. The van der Waals surface area contributed by atoms with E-state index in [1.165, 1.54) is 28.8 Å². The zero-order valence-electron chi connectivity index (χ0n) is 17.8. The van der Waals surface area contributed by atoms with E-state index in [1.54, 1.807) is 0 Å². The fourth-order valence-electron chi connectivity index (χ4n) is 4.27. The number of aromatic nitrogens is 1. The minimum absolute atomic E-state index is 0.0964. The van der Waals surface area contributed by atoms with E-state index in [0.717, 1.165) is 28.7 Å². The first kappa shape index (κ1) is 23.5. The van der Waals surface area contributed by atoms with Crippen molar-refractivity contribution in [2.45, 2.75) is 27.6 Å². The van der Waals surface area contributed by atoms with Crippen LogP contribution in [0.4, 0.5) is 5.69 Å². The maximum Gasteiger partial charge on any atom is 0.308 e. The minimum Gasteiger partial charge on any atom is -0.325 e. The number of hydrogen-bond donors (Lipinski definition) is 3. The fourth-order valence-corrected chi connectivity index (χ4v) is 7.52. The normalized spacial score (nSPS) is 21.2. The Morgan fingerprint density at radius 1 is 1.03 bits per heavy atom. The number of anilines is 1. The number of nitrogens with zero attached hydrogens (tertiary/aromatic N) is 1. The smallest absolute Gasteiger partial charge is 0.308 e. The first-order valence-electron chi connectivity index (χ1n) is 10.4. The van der Waals surface area contributed by atoms with Crippen LogP contribution in [-0.4, -0.2) is 36.0 Å². The lowest BCUT2D eigenvalue weighted by Gasteiger charge is -2.30. The molecule has 2 aliphatic heterocycles. The molecule has 1 fully saturated rings. The molecule has 180 valence electrons. The summed E-state index contributed by atoms with van der Waals surface area (Å²) in [6.07, 6.45) is 0. The number of benzene rings is 2. The van der Waals surface area contributed by atoms with Crippen molar-refractivity contribution in [1.29, 1.82) is 0 Å². The Kier molecular flexibility index (Phi) is 5.87. The average Bonchev–Trinajstić information content (AvgIpc) is 3.27. The van der Waals surface area contributed by atoms with Gasteiger partial charge in [-0.25, -0.2) is 13.6 Å². The number of sulfonamides is 1. The highest BCUT2D eigenvalue weighted by atomic mass is 32.2. The Hall–Kier alpha value is -3.26. The Bertz CT molecular complexity index is 1510. The summed E-state index contributed by atoms with van der Waals surface area (Å²) in [6, 6.07) is 14.5. The zero-order valence-corrected chi connectivity index (χ0v) is 20.3. The van der Waals surface area contributed by atoms with Crippen molar-refractivity contribution in [3.05, 3.63) is 74.7 Å². The number of imide groups is 1. The molecule has 3 aromatic rings. The minimum atomic E-state index is -3.86. The number of rotatable bonds is 5. The zero-order chi connectivity index (χ0) is 24.9. The molecule has 0 saturated carbocycles. The average molecular weight is 531 g/mol. The van der Waals surface area contributed by atoms with Gasteiger partial charge in [-0.3, -0.25) is 29.1 Å². The van der Waals surface area contributed by atoms with Crippen LogP contribution in [0, 0.1) is 5.92 Å². The summed E-state index contributed by atoms with van der Waals surface area (Å²) in [7, 11) is -3.86. The summed E-state index contributed by atoms with van der Waals surface area (Å²) >= 11 is 2.08. The van der Waals surface area contributed by atoms with Gasteiger partial charge in [0.2, 0.25) is 27.7 Å². The number of thioether (sulfide) groups is 1. The monoisotopic (exact) mass is 530 g/mol. The molecule has 0 bridgehead atoms. The van der Waals surface area contributed by atoms with Crippen molar-refractivity contribution in [1.82, 2.24) is 9.88 Å². The molecule has 3 unspecified atom stereocenters. The predicted molar refractivity (Wildman–Crippen MR) is 130 cm³/mol. The molecular weight excluding hydrogens is 512 g/mol. The Morgan fingerprint density at radius 2 is 1.71 bits per heavy atom. The van der Waals surface area contributed by atoms with Gasteiger partial charge < -0.3 is 5.32 Å². The molecule has 3 atom stereocenters. The second-order valence-electron chi connectivity index (χ2n) is 8.05. The van der Waals surface area contributed by atoms with Crippen molar-refractivity contribution >= 4 is 56.5 Å². The topological polar surface area (TPSA) is 157 Å². The lowest BCUT2D eigenvalue weighted by Crippen LogP contribution is -2.32. The van der Waals surface area contributed by atoms with Crippen molar-refractivity contribution in [2.24, 2.45) is 11.1 Å². The van der Waals surface area contributed by atoms with E-state index in [9.17, 15) is 27.6 Å². The first-order chi connectivity index (χ1) is 16.6. The molecule has 5 rings (SSSR count). The van der Waals surface area contributed by atoms with Gasteiger partial charge in [0, 0.05) is 16.5 Å². The van der Waals surface area contributed by atoms with Gasteiger partial charge >= 0.3 is 4.87 Å². The van der Waals surface area contributed by atoms with Gasteiger partial charge in [0.05, 0.1) is 15.8 Å². The lowest BCUT2D eigenvalue weighted by molar-refractivity contribution is -0.126. The van der Waals surface area contributed by atoms with Crippen LogP contribution in [-0.2, 0) is 31.0 Å². The highest BCUT2D eigenvalue weighted by Gasteiger charge is 2.52. The van der Waals surface area contributed by atoms with Crippen LogP contribution in [0.15, 0.2) is 69.3 Å². The summed E-state index contributed by atoms with van der Waals surface area (Å²) in [5.74, 6) is -2.44. The van der Waals surface area contributed by atoms with E-state index >= 15 is 0 Å². The lowest BCUT2D eigenvalue weighted by atomic mass is 9.83. The molecule has 3 amide bonds. The molecule has 13 heteroatoms. The van der Waals surface area contributed by atoms with Crippen molar-refractivity contribution in [2.75, 3.05) is 5.32 Å². The van der Waals surface area contributed by atoms with Crippen LogP contribution in [0.5, 0.6) is 0 Å². The fraction of sp³-hybridized carbons (Fsp3) is 0.182. The number of nitrogens with one attached hydrogen (secondary N) is 2. The molecular formula is C22H18N4O6S3. The van der Waals surface area contributed by atoms with E-state index < -0.39 is 38.9 Å². The molecule has 0 radical (unpaired) electrons. The van der Waals surface area contributed by atoms with Gasteiger partial charge in [-0.1, -0.05) is 53.4 Å². The van der Waals surface area contributed by atoms with Crippen LogP contribution in [0.3, 0.4) is 0 Å². The standard InChI is InChI=1S/C22H18N4O6S3/c23-35(31,32)13-8-6-12(7-9-13)24-14(27)10-26-21-18(34-22(26)30)15(11-4-2-1-3-5-11)16-17(33-21)20(29)25-19(16)28/h1-9,15-17H,10H2,(H,24,27)(H2,23,31,32)(H,25,28,29). The van der Waals surface area contributed by atoms with Gasteiger partial charge in [-0.05, 0) is 29.8 Å². The maximum atomic E-state index is 12.9. The largest absolute Gasteiger partial charge is 0.325 e. The SMILES string of the molecule is NS(=O)(=O)c1ccc(NC(=O)Cn2c3c(sc2=O)C(c2ccccc2)C2C(=O)NC(=O)C2S3)cc1. The third kappa shape index (κ3) is 4.31. The van der Waals surface area contributed by atoms with Crippen LogP contribution < -0.4 is 20.6 Å². The van der Waals surface area contributed by atoms with E-state index in [1.807, 2.05) is 30.3 Å². The van der Waals surface area contributed by atoms with Crippen LogP contribution in [0.2, 0.25) is 0 Å². The van der Waals surface area contributed by atoms with Gasteiger partial charge in [-0.2, -0.15) is 0 Å². The van der Waals surface area contributed by atoms with Gasteiger partial charge in [0.25, 0.3) is 0 Å². The van der Waals surface area contributed by atoms with Crippen LogP contribution in [0.25, 0.3) is 0 Å². The van der Waals surface area contributed by atoms with Crippen molar-refractivity contribution < 1.29 is 22.8 Å². The number of nitrogens with two attached hydrogens (primary N) is 1. The third-order valence-electron chi connectivity index (χ3n) is 5.81. The molecule has 3 heterocycles. The molecule has 4 N–H and O–H groups in total. The van der Waals surface area contributed by atoms with Crippen molar-refractivity contribution in [3.8, 4) is 0 Å². The number of hydrogen-bond acceptors (Lipinski definition) is 8. The predicted octanol–water partition coefficient (Wildman–Crippen LogP) is 1.07. The molecule has 2 aromatic carbocycles. The Balaban J connectivity index is 1.46. The third-order valence-corrected chi connectivity index (χ3v) is 9.36. The Morgan fingerprint density at radius 3 is 2.37 bits per heavy atom. The number of fused-ring (bicyclic) bond motifs is 2. The van der Waals surface area contributed by atoms with E-state index in [2.05, 4.69) is 10.6 Å². The summed E-state index contributed by atoms with van der Waals surface area (Å²) in [4.78, 5) is 51.0. The molecule has 10 nitrogen and oxygen atoms in total. The molecule has 0 spiro atoms. The number of amides is 3. The van der Waals surface area contributed by atoms with E-state index in [-0.39, 0.29) is 22.2 Å². The number of carbonyl (C=O) groups excluding carboxylic acids is 3. The van der Waals surface area contributed by atoms with E-state index in [4.69, 9.17) is 5.14 Å². The molecule has 1 aromatic heterocycles. The number of carbonyl (C=O) groups is 3. The molecule has 0 aliphatic carbocycles. The number of primary sulfonamides is 1. The maximum absolute atomic E-state index is 12.9. The highest BCUT2D eigenvalue weighted by Crippen LogP contribution is 2.51. The first-order valence-corrected chi connectivity index (χ1v) is 13.6. The Labute approximate surface area is 207 Å². The highest BCUT2D eigenvalue weighted by molar-refractivity contribution is 8.00. The quantitative estimate of drug-likeness (QED) is 0.417. The second kappa shape index (κ2) is 8.75. The summed E-state index contributed by atoms with van der Waals surface area (Å²) in [5.41, 5.74) is 1.14. The summed E-state index contributed by atoms with van der Waals surface area (Å²) < 4.78 is 24.1. The van der Waals surface area contributed by atoms with Crippen LogP contribution in [0.1, 0.15) is 16.4 Å². The second-order valence-corrected chi connectivity index (χ2v) is 11.7. The number of thiazole rings is 1. The van der Waals surface area contributed by atoms with Gasteiger partial charge in [-0.15, -0.1) is 0 Å². The molecule has 2 aliphatic rings. The van der Waals surface area contributed by atoms with Gasteiger partial charge in [0.1, 0.15) is 11.8 Å².